The highest BCUT2D eigenvalue weighted by Gasteiger charge is 2.13. The van der Waals surface area contributed by atoms with Crippen molar-refractivity contribution >= 4 is 16.7 Å². The van der Waals surface area contributed by atoms with Crippen LogP contribution in [-0.2, 0) is 6.54 Å². The van der Waals surface area contributed by atoms with Gasteiger partial charge in [-0.15, -0.1) is 0 Å². The van der Waals surface area contributed by atoms with Crippen molar-refractivity contribution < 1.29 is 0 Å². The van der Waals surface area contributed by atoms with Crippen molar-refractivity contribution in [2.24, 2.45) is 0 Å². The maximum absolute atomic E-state index is 6.12. The Balaban J connectivity index is 1.91. The van der Waals surface area contributed by atoms with Gasteiger partial charge in [0.1, 0.15) is 5.82 Å². The minimum Gasteiger partial charge on any atom is -0.398 e. The normalized spacial score (nSPS) is 11.0. The van der Waals surface area contributed by atoms with Crippen LogP contribution in [0.2, 0.25) is 0 Å². The maximum Gasteiger partial charge on any atom is 0.141 e. The second kappa shape index (κ2) is 5.85. The molecule has 0 saturated heterocycles. The standard InChI is InChI=1S/C21H19N3/c1-15-11-12-17(13-18(15)22)21-23-19-9-5-6-10-20(19)24(21)14-16-7-3-2-4-8-16/h2-13H,14,22H2,1H3. The molecule has 3 aromatic carbocycles. The van der Waals surface area contributed by atoms with Crippen LogP contribution < -0.4 is 5.73 Å². The first-order valence-electron chi connectivity index (χ1n) is 8.08. The third kappa shape index (κ3) is 2.54. The van der Waals surface area contributed by atoms with Crippen LogP contribution in [0.5, 0.6) is 0 Å². The first-order valence-corrected chi connectivity index (χ1v) is 8.08. The molecule has 0 fully saturated rings. The van der Waals surface area contributed by atoms with Crippen molar-refractivity contribution in [3.05, 3.63) is 83.9 Å². The number of nitrogen functional groups attached to an aromatic ring is 1. The molecule has 0 aliphatic rings. The quantitative estimate of drug-likeness (QED) is 0.560. The highest BCUT2D eigenvalue weighted by molar-refractivity contribution is 5.81. The van der Waals surface area contributed by atoms with Crippen molar-refractivity contribution in [2.45, 2.75) is 13.5 Å². The van der Waals surface area contributed by atoms with E-state index in [-0.39, 0.29) is 0 Å². The summed E-state index contributed by atoms with van der Waals surface area (Å²) < 4.78 is 2.26. The van der Waals surface area contributed by atoms with Gasteiger partial charge in [-0.1, -0.05) is 54.6 Å². The molecule has 3 nitrogen and oxygen atoms in total. The van der Waals surface area contributed by atoms with E-state index < -0.39 is 0 Å². The van der Waals surface area contributed by atoms with Gasteiger partial charge in [-0.3, -0.25) is 0 Å². The van der Waals surface area contributed by atoms with Crippen LogP contribution in [-0.4, -0.2) is 9.55 Å². The van der Waals surface area contributed by atoms with Crippen LogP contribution in [0, 0.1) is 6.92 Å². The first-order chi connectivity index (χ1) is 11.7. The van der Waals surface area contributed by atoms with Gasteiger partial charge in [0, 0.05) is 17.8 Å². The number of nitrogens with two attached hydrogens (primary N) is 1. The maximum atomic E-state index is 6.12. The second-order valence-corrected chi connectivity index (χ2v) is 6.07. The van der Waals surface area contributed by atoms with Gasteiger partial charge in [-0.2, -0.15) is 0 Å². The van der Waals surface area contributed by atoms with E-state index in [1.807, 2.05) is 25.1 Å². The Kier molecular flexibility index (Phi) is 3.54. The molecule has 4 rings (SSSR count). The number of anilines is 1. The zero-order valence-electron chi connectivity index (χ0n) is 13.6. The lowest BCUT2D eigenvalue weighted by atomic mass is 10.1. The largest absolute Gasteiger partial charge is 0.398 e. The van der Waals surface area contributed by atoms with Gasteiger partial charge >= 0.3 is 0 Å². The minimum absolute atomic E-state index is 0.782. The molecule has 24 heavy (non-hydrogen) atoms. The molecule has 0 saturated carbocycles. The highest BCUT2D eigenvalue weighted by Crippen LogP contribution is 2.28. The predicted octanol–water partition coefficient (Wildman–Crippen LogP) is 4.64. The third-order valence-corrected chi connectivity index (χ3v) is 4.38. The van der Waals surface area contributed by atoms with Crippen LogP contribution in [0.15, 0.2) is 72.8 Å². The highest BCUT2D eigenvalue weighted by atomic mass is 15.1. The number of rotatable bonds is 3. The summed E-state index contributed by atoms with van der Waals surface area (Å²) >= 11 is 0. The van der Waals surface area contributed by atoms with Gasteiger partial charge in [0.15, 0.2) is 0 Å². The fourth-order valence-corrected chi connectivity index (χ4v) is 3.00. The summed E-state index contributed by atoms with van der Waals surface area (Å²) in [5.74, 6) is 0.951. The summed E-state index contributed by atoms with van der Waals surface area (Å²) in [6.45, 7) is 2.80. The summed E-state index contributed by atoms with van der Waals surface area (Å²) in [6, 6.07) is 24.9. The Bertz CT molecular complexity index is 1000. The smallest absolute Gasteiger partial charge is 0.141 e. The molecule has 1 heterocycles. The Morgan fingerprint density at radius 2 is 1.67 bits per heavy atom. The SMILES string of the molecule is Cc1ccc(-c2nc3ccccc3n2Cc2ccccc2)cc1N. The Morgan fingerprint density at radius 1 is 0.917 bits per heavy atom. The molecule has 0 aliphatic heterocycles. The summed E-state index contributed by atoms with van der Waals surface area (Å²) in [5, 5.41) is 0. The summed E-state index contributed by atoms with van der Waals surface area (Å²) in [4.78, 5) is 4.86. The van der Waals surface area contributed by atoms with Gasteiger partial charge in [0.25, 0.3) is 0 Å². The molecule has 0 amide bonds. The third-order valence-electron chi connectivity index (χ3n) is 4.38. The molecule has 0 aliphatic carbocycles. The van der Waals surface area contributed by atoms with Crippen LogP contribution in [0.25, 0.3) is 22.4 Å². The number of fused-ring (bicyclic) bond motifs is 1. The second-order valence-electron chi connectivity index (χ2n) is 6.07. The Morgan fingerprint density at radius 3 is 2.46 bits per heavy atom. The van der Waals surface area contributed by atoms with E-state index in [9.17, 15) is 0 Å². The fourth-order valence-electron chi connectivity index (χ4n) is 3.00. The van der Waals surface area contributed by atoms with E-state index in [1.165, 1.54) is 5.56 Å². The lowest BCUT2D eigenvalue weighted by molar-refractivity contribution is 0.834. The number of nitrogens with zero attached hydrogens (tertiary/aromatic N) is 2. The molecular formula is C21H19N3. The van der Waals surface area contributed by atoms with E-state index in [1.54, 1.807) is 0 Å². The van der Waals surface area contributed by atoms with Crippen molar-refractivity contribution in [2.75, 3.05) is 5.73 Å². The van der Waals surface area contributed by atoms with Gasteiger partial charge in [0.2, 0.25) is 0 Å². The molecule has 4 aromatic rings. The molecule has 2 N–H and O–H groups in total. The van der Waals surface area contributed by atoms with E-state index >= 15 is 0 Å². The molecular weight excluding hydrogens is 294 g/mol. The monoisotopic (exact) mass is 313 g/mol. The average Bonchev–Trinajstić information content (AvgIpc) is 2.97. The number of aryl methyl sites for hydroxylation is 1. The number of aromatic nitrogens is 2. The molecule has 0 bridgehead atoms. The molecule has 0 unspecified atom stereocenters. The van der Waals surface area contributed by atoms with Crippen molar-refractivity contribution in [3.8, 4) is 11.4 Å². The number of hydrogen-bond acceptors (Lipinski definition) is 2. The molecule has 118 valence electrons. The lowest BCUT2D eigenvalue weighted by Crippen LogP contribution is -2.02. The van der Waals surface area contributed by atoms with Crippen molar-refractivity contribution in [3.63, 3.8) is 0 Å². The average molecular weight is 313 g/mol. The number of hydrogen-bond donors (Lipinski definition) is 1. The molecule has 0 spiro atoms. The van der Waals surface area contributed by atoms with Crippen molar-refractivity contribution in [1.29, 1.82) is 0 Å². The summed E-state index contributed by atoms with van der Waals surface area (Å²) in [6.07, 6.45) is 0. The topological polar surface area (TPSA) is 43.8 Å². The Hall–Kier alpha value is -3.07. The van der Waals surface area contributed by atoms with Crippen LogP contribution in [0.3, 0.4) is 0 Å². The van der Waals surface area contributed by atoms with E-state index in [2.05, 4.69) is 59.2 Å². The van der Waals surface area contributed by atoms with E-state index in [4.69, 9.17) is 10.7 Å². The van der Waals surface area contributed by atoms with Crippen LogP contribution >= 0.6 is 0 Å². The minimum atomic E-state index is 0.782. The summed E-state index contributed by atoms with van der Waals surface area (Å²) in [7, 11) is 0. The Labute approximate surface area is 141 Å². The predicted molar refractivity (Wildman–Crippen MR) is 99.9 cm³/mol. The molecule has 0 atom stereocenters. The lowest BCUT2D eigenvalue weighted by Gasteiger charge is -2.11. The van der Waals surface area contributed by atoms with E-state index in [0.717, 1.165) is 40.2 Å². The molecule has 3 heteroatoms. The van der Waals surface area contributed by atoms with E-state index in [0.29, 0.717) is 0 Å². The molecule has 0 radical (unpaired) electrons. The van der Waals surface area contributed by atoms with Crippen LogP contribution in [0.1, 0.15) is 11.1 Å². The first kappa shape index (κ1) is 14.5. The van der Waals surface area contributed by atoms with Gasteiger partial charge in [-0.25, -0.2) is 4.98 Å². The fraction of sp³-hybridized carbons (Fsp3) is 0.0952. The summed E-state index contributed by atoms with van der Waals surface area (Å²) in [5.41, 5.74) is 12.4. The van der Waals surface area contributed by atoms with Gasteiger partial charge < -0.3 is 10.3 Å². The number of imidazole rings is 1. The van der Waals surface area contributed by atoms with Gasteiger partial charge in [-0.05, 0) is 36.2 Å². The van der Waals surface area contributed by atoms with Crippen LogP contribution in [0.4, 0.5) is 5.69 Å². The zero-order chi connectivity index (χ0) is 16.5. The number of benzene rings is 3. The van der Waals surface area contributed by atoms with Crippen molar-refractivity contribution in [1.82, 2.24) is 9.55 Å². The number of para-hydroxylation sites is 2. The zero-order valence-corrected chi connectivity index (χ0v) is 13.6. The van der Waals surface area contributed by atoms with Gasteiger partial charge in [0.05, 0.1) is 11.0 Å². The molecule has 1 aromatic heterocycles.